The van der Waals surface area contributed by atoms with Crippen LogP contribution in [0.5, 0.6) is 0 Å². The zero-order valence-corrected chi connectivity index (χ0v) is 11.1. The fourth-order valence-corrected chi connectivity index (χ4v) is 2.02. The third kappa shape index (κ3) is 4.49. The van der Waals surface area contributed by atoms with Gasteiger partial charge < -0.3 is 14.5 Å². The Morgan fingerprint density at radius 1 is 1.47 bits per heavy atom. The second kappa shape index (κ2) is 6.78. The number of amides is 1. The maximum absolute atomic E-state index is 11.6. The van der Waals surface area contributed by atoms with Gasteiger partial charge in [0.2, 0.25) is 0 Å². The summed E-state index contributed by atoms with van der Waals surface area (Å²) in [5.74, 6) is 5.87. The van der Waals surface area contributed by atoms with Crippen LogP contribution in [0.25, 0.3) is 0 Å². The molecule has 1 saturated heterocycles. The van der Waals surface area contributed by atoms with Gasteiger partial charge in [-0.05, 0) is 26.9 Å². The van der Waals surface area contributed by atoms with Gasteiger partial charge in [0.1, 0.15) is 0 Å². The van der Waals surface area contributed by atoms with Crippen LogP contribution in [0.15, 0.2) is 0 Å². The second-order valence-electron chi connectivity index (χ2n) is 4.75. The molecule has 2 N–H and O–H groups in total. The molecule has 1 aliphatic rings. The number of carbonyl (C=O) groups is 1. The lowest BCUT2D eigenvalue weighted by Gasteiger charge is -2.28. The minimum Gasteiger partial charge on any atom is -0.453 e. The molecule has 1 rings (SSSR count). The summed E-state index contributed by atoms with van der Waals surface area (Å²) in [5, 5.41) is 1.82. The molecule has 6 heteroatoms. The van der Waals surface area contributed by atoms with Gasteiger partial charge in [-0.2, -0.15) is 0 Å². The molecule has 1 fully saturated rings. The molecule has 0 radical (unpaired) electrons. The lowest BCUT2D eigenvalue weighted by atomic mass is 10.2. The molecule has 100 valence electrons. The van der Waals surface area contributed by atoms with E-state index >= 15 is 0 Å². The first kappa shape index (κ1) is 14.2. The van der Waals surface area contributed by atoms with Gasteiger partial charge in [-0.3, -0.25) is 5.84 Å². The largest absolute Gasteiger partial charge is 0.453 e. The number of rotatable bonds is 5. The van der Waals surface area contributed by atoms with Gasteiger partial charge >= 0.3 is 6.09 Å². The Kier molecular flexibility index (Phi) is 5.67. The molecule has 1 atom stereocenters. The van der Waals surface area contributed by atoms with Crippen molar-refractivity contribution < 1.29 is 9.53 Å². The predicted octanol–water partition coefficient (Wildman–Crippen LogP) is -0.0455. The summed E-state index contributed by atoms with van der Waals surface area (Å²) < 4.78 is 4.80. The maximum atomic E-state index is 11.6. The van der Waals surface area contributed by atoms with Crippen molar-refractivity contribution in [1.82, 2.24) is 14.8 Å². The van der Waals surface area contributed by atoms with Crippen LogP contribution in [0, 0.1) is 0 Å². The molecule has 1 aliphatic heterocycles. The fourth-order valence-electron chi connectivity index (χ4n) is 2.02. The smallest absolute Gasteiger partial charge is 0.409 e. The lowest BCUT2D eigenvalue weighted by molar-refractivity contribution is 0.105. The van der Waals surface area contributed by atoms with Crippen molar-refractivity contribution in [2.75, 3.05) is 47.4 Å². The molecule has 6 nitrogen and oxygen atoms in total. The average molecular weight is 244 g/mol. The van der Waals surface area contributed by atoms with E-state index in [1.807, 2.05) is 24.0 Å². The number of hydrogen-bond acceptors (Lipinski definition) is 5. The summed E-state index contributed by atoms with van der Waals surface area (Å²) in [7, 11) is 5.39. The van der Waals surface area contributed by atoms with Crippen molar-refractivity contribution in [1.29, 1.82) is 0 Å². The first-order valence-electron chi connectivity index (χ1n) is 6.03. The van der Waals surface area contributed by atoms with E-state index in [0.717, 1.165) is 25.9 Å². The average Bonchev–Trinajstić information content (AvgIpc) is 2.68. The second-order valence-corrected chi connectivity index (χ2v) is 4.75. The van der Waals surface area contributed by atoms with E-state index in [1.165, 1.54) is 7.11 Å². The highest BCUT2D eigenvalue weighted by Gasteiger charge is 2.26. The third-order valence-corrected chi connectivity index (χ3v) is 3.10. The van der Waals surface area contributed by atoms with Gasteiger partial charge in [-0.15, -0.1) is 0 Å². The van der Waals surface area contributed by atoms with Gasteiger partial charge in [-0.1, -0.05) is 0 Å². The number of nitrogens with two attached hydrogens (primary N) is 1. The van der Waals surface area contributed by atoms with Crippen LogP contribution in [0.2, 0.25) is 0 Å². The van der Waals surface area contributed by atoms with Crippen LogP contribution in [0.3, 0.4) is 0 Å². The molecular formula is C11H24N4O2. The Morgan fingerprint density at radius 2 is 2.18 bits per heavy atom. The number of nitrogens with zero attached hydrogens (tertiary/aromatic N) is 3. The van der Waals surface area contributed by atoms with Gasteiger partial charge in [0, 0.05) is 32.2 Å². The molecular weight excluding hydrogens is 220 g/mol. The van der Waals surface area contributed by atoms with E-state index in [-0.39, 0.29) is 12.1 Å². The highest BCUT2D eigenvalue weighted by molar-refractivity contribution is 5.67. The molecule has 17 heavy (non-hydrogen) atoms. The first-order chi connectivity index (χ1) is 8.04. The van der Waals surface area contributed by atoms with E-state index < -0.39 is 0 Å². The summed E-state index contributed by atoms with van der Waals surface area (Å²) in [4.78, 5) is 15.4. The van der Waals surface area contributed by atoms with Gasteiger partial charge in [0.05, 0.1) is 7.11 Å². The minimum atomic E-state index is -0.271. The summed E-state index contributed by atoms with van der Waals surface area (Å²) in [6, 6.07) is 0.260. The third-order valence-electron chi connectivity index (χ3n) is 3.10. The standard InChI is InChI=1S/C11H24N4O2/c1-13(2)7-8-14(11(16)17-3)9-10-5-4-6-15(10)12/h10H,4-9,12H2,1-3H3/t10-/m0/s1. The van der Waals surface area contributed by atoms with Gasteiger partial charge in [0.25, 0.3) is 0 Å². The predicted molar refractivity (Wildman–Crippen MR) is 66.4 cm³/mol. The molecule has 0 aromatic heterocycles. The summed E-state index contributed by atoms with van der Waals surface area (Å²) in [5.41, 5.74) is 0. The molecule has 0 aromatic rings. The number of hydrogen-bond donors (Lipinski definition) is 1. The van der Waals surface area contributed by atoms with Crippen molar-refractivity contribution in [3.63, 3.8) is 0 Å². The lowest BCUT2D eigenvalue weighted by Crippen LogP contribution is -2.47. The zero-order chi connectivity index (χ0) is 12.8. The molecule has 0 aromatic carbocycles. The molecule has 0 saturated carbocycles. The Labute approximate surface area is 103 Å². The molecule has 0 unspecified atom stereocenters. The van der Waals surface area contributed by atoms with Crippen LogP contribution in [-0.2, 0) is 4.74 Å². The summed E-state index contributed by atoms with van der Waals surface area (Å²) in [6.07, 6.45) is 1.88. The maximum Gasteiger partial charge on any atom is 0.409 e. The van der Waals surface area contributed by atoms with Crippen LogP contribution < -0.4 is 5.84 Å². The number of hydrazine groups is 1. The monoisotopic (exact) mass is 244 g/mol. The van der Waals surface area contributed by atoms with E-state index in [9.17, 15) is 4.79 Å². The van der Waals surface area contributed by atoms with Crippen molar-refractivity contribution >= 4 is 6.09 Å². The van der Waals surface area contributed by atoms with Crippen molar-refractivity contribution in [2.45, 2.75) is 18.9 Å². The Morgan fingerprint density at radius 3 is 2.65 bits per heavy atom. The fraction of sp³-hybridized carbons (Fsp3) is 0.909. The quantitative estimate of drug-likeness (QED) is 0.687. The topological polar surface area (TPSA) is 62.0 Å². The van der Waals surface area contributed by atoms with Crippen LogP contribution in [-0.4, -0.2) is 74.3 Å². The number of likely N-dealkylation sites (N-methyl/N-ethyl adjacent to an activating group) is 1. The van der Waals surface area contributed by atoms with E-state index in [2.05, 4.69) is 0 Å². The SMILES string of the molecule is COC(=O)N(CCN(C)C)C[C@@H]1CCCN1N. The Hall–Kier alpha value is -0.850. The van der Waals surface area contributed by atoms with Crippen molar-refractivity contribution in [3.05, 3.63) is 0 Å². The minimum absolute atomic E-state index is 0.260. The summed E-state index contributed by atoms with van der Waals surface area (Å²) in [6.45, 7) is 3.06. The Bertz CT molecular complexity index is 248. The molecule has 1 amide bonds. The molecule has 0 aliphatic carbocycles. The highest BCUT2D eigenvalue weighted by atomic mass is 16.5. The molecule has 1 heterocycles. The van der Waals surface area contributed by atoms with Crippen molar-refractivity contribution in [2.24, 2.45) is 5.84 Å². The van der Waals surface area contributed by atoms with Crippen LogP contribution in [0.4, 0.5) is 4.79 Å². The van der Waals surface area contributed by atoms with Gasteiger partial charge in [-0.25, -0.2) is 9.80 Å². The Balaban J connectivity index is 2.47. The molecule has 0 spiro atoms. The number of ether oxygens (including phenoxy) is 1. The van der Waals surface area contributed by atoms with Crippen LogP contribution >= 0.6 is 0 Å². The zero-order valence-electron chi connectivity index (χ0n) is 11.1. The van der Waals surface area contributed by atoms with Gasteiger partial charge in [0.15, 0.2) is 0 Å². The number of carbonyl (C=O) groups excluding carboxylic acids is 1. The summed E-state index contributed by atoms with van der Waals surface area (Å²) >= 11 is 0. The first-order valence-corrected chi connectivity index (χ1v) is 6.03. The van der Waals surface area contributed by atoms with E-state index in [4.69, 9.17) is 10.6 Å². The highest BCUT2D eigenvalue weighted by Crippen LogP contribution is 2.14. The van der Waals surface area contributed by atoms with E-state index in [1.54, 1.807) is 4.90 Å². The van der Waals surface area contributed by atoms with Crippen molar-refractivity contribution in [3.8, 4) is 0 Å². The normalized spacial score (nSPS) is 20.9. The van der Waals surface area contributed by atoms with Crippen LogP contribution in [0.1, 0.15) is 12.8 Å². The number of methoxy groups -OCH3 is 1. The van der Waals surface area contributed by atoms with E-state index in [0.29, 0.717) is 13.1 Å². The molecule has 0 bridgehead atoms.